The molecule has 0 aliphatic heterocycles. The standard InChI is InChI=1S/C18H19NO4/c1-13-5-3-8-16(9-13)23-18(21)12-19-17(20)11-14-6-4-7-15(10-14)22-2/h3-10H,11-12H2,1-2H3,(H,19,20). The van der Waals surface area contributed by atoms with E-state index in [0.29, 0.717) is 11.5 Å². The average Bonchev–Trinajstić information content (AvgIpc) is 2.53. The molecular formula is C18H19NO4. The molecule has 2 aromatic rings. The molecule has 0 aliphatic carbocycles. The number of carbonyl (C=O) groups is 2. The van der Waals surface area contributed by atoms with Crippen LogP contribution in [0.25, 0.3) is 0 Å². The monoisotopic (exact) mass is 313 g/mol. The second-order valence-corrected chi connectivity index (χ2v) is 5.10. The van der Waals surface area contributed by atoms with E-state index < -0.39 is 5.97 Å². The summed E-state index contributed by atoms with van der Waals surface area (Å²) >= 11 is 0. The van der Waals surface area contributed by atoms with Crippen molar-refractivity contribution in [2.75, 3.05) is 13.7 Å². The first-order valence-corrected chi connectivity index (χ1v) is 7.24. The lowest BCUT2D eigenvalue weighted by molar-refractivity contribution is -0.135. The topological polar surface area (TPSA) is 64.6 Å². The molecule has 2 rings (SSSR count). The molecule has 0 aromatic heterocycles. The number of hydrogen-bond acceptors (Lipinski definition) is 4. The number of carbonyl (C=O) groups excluding carboxylic acids is 2. The van der Waals surface area contributed by atoms with Crippen molar-refractivity contribution in [2.45, 2.75) is 13.3 Å². The van der Waals surface area contributed by atoms with Crippen molar-refractivity contribution in [2.24, 2.45) is 0 Å². The van der Waals surface area contributed by atoms with Crippen molar-refractivity contribution in [3.05, 3.63) is 59.7 Å². The van der Waals surface area contributed by atoms with Gasteiger partial charge in [0.15, 0.2) is 0 Å². The van der Waals surface area contributed by atoms with Crippen LogP contribution in [-0.4, -0.2) is 25.5 Å². The van der Waals surface area contributed by atoms with Gasteiger partial charge in [0, 0.05) is 0 Å². The van der Waals surface area contributed by atoms with Gasteiger partial charge in [0.2, 0.25) is 5.91 Å². The minimum atomic E-state index is -0.505. The van der Waals surface area contributed by atoms with Crippen LogP contribution in [0, 0.1) is 6.92 Å². The Kier molecular flexibility index (Phi) is 5.74. The highest BCUT2D eigenvalue weighted by Crippen LogP contribution is 2.13. The van der Waals surface area contributed by atoms with Crippen LogP contribution in [-0.2, 0) is 16.0 Å². The predicted molar refractivity (Wildman–Crippen MR) is 86.5 cm³/mol. The van der Waals surface area contributed by atoms with Gasteiger partial charge in [0.25, 0.3) is 0 Å². The third kappa shape index (κ3) is 5.47. The zero-order valence-corrected chi connectivity index (χ0v) is 13.2. The lowest BCUT2D eigenvalue weighted by atomic mass is 10.1. The molecular weight excluding hydrogens is 294 g/mol. The highest BCUT2D eigenvalue weighted by molar-refractivity contribution is 5.84. The van der Waals surface area contributed by atoms with E-state index in [1.54, 1.807) is 37.4 Å². The molecule has 0 bridgehead atoms. The lowest BCUT2D eigenvalue weighted by Crippen LogP contribution is -2.32. The van der Waals surface area contributed by atoms with Crippen molar-refractivity contribution in [3.63, 3.8) is 0 Å². The predicted octanol–water partition coefficient (Wildman–Crippen LogP) is 2.27. The third-order valence-corrected chi connectivity index (χ3v) is 3.15. The van der Waals surface area contributed by atoms with E-state index in [9.17, 15) is 9.59 Å². The van der Waals surface area contributed by atoms with Gasteiger partial charge in [0.1, 0.15) is 18.0 Å². The Balaban J connectivity index is 1.80. The lowest BCUT2D eigenvalue weighted by Gasteiger charge is -2.07. The van der Waals surface area contributed by atoms with E-state index in [0.717, 1.165) is 11.1 Å². The molecule has 2 aromatic carbocycles. The maximum Gasteiger partial charge on any atom is 0.330 e. The van der Waals surface area contributed by atoms with Crippen LogP contribution >= 0.6 is 0 Å². The second kappa shape index (κ2) is 7.98. The smallest absolute Gasteiger partial charge is 0.330 e. The zero-order chi connectivity index (χ0) is 16.7. The SMILES string of the molecule is COc1cccc(CC(=O)NCC(=O)Oc2cccc(C)c2)c1. The molecule has 5 nitrogen and oxygen atoms in total. The summed E-state index contributed by atoms with van der Waals surface area (Å²) in [4.78, 5) is 23.6. The van der Waals surface area contributed by atoms with Gasteiger partial charge >= 0.3 is 5.97 Å². The number of aryl methyl sites for hydroxylation is 1. The van der Waals surface area contributed by atoms with E-state index in [2.05, 4.69) is 5.32 Å². The van der Waals surface area contributed by atoms with Gasteiger partial charge < -0.3 is 14.8 Å². The zero-order valence-electron chi connectivity index (χ0n) is 13.2. The summed E-state index contributed by atoms with van der Waals surface area (Å²) in [7, 11) is 1.57. The number of esters is 1. The Bertz CT molecular complexity index is 697. The first kappa shape index (κ1) is 16.5. The molecule has 120 valence electrons. The summed E-state index contributed by atoms with van der Waals surface area (Å²) in [5, 5.41) is 2.55. The Hall–Kier alpha value is -2.82. The first-order valence-electron chi connectivity index (χ1n) is 7.24. The van der Waals surface area contributed by atoms with Gasteiger partial charge in [-0.15, -0.1) is 0 Å². The molecule has 1 amide bonds. The molecule has 0 atom stereocenters. The number of benzene rings is 2. The summed E-state index contributed by atoms with van der Waals surface area (Å²) in [5.74, 6) is 0.403. The molecule has 1 N–H and O–H groups in total. The molecule has 0 unspecified atom stereocenters. The van der Waals surface area contributed by atoms with Crippen LogP contribution in [0.1, 0.15) is 11.1 Å². The molecule has 0 heterocycles. The Morgan fingerprint density at radius 1 is 1.04 bits per heavy atom. The fraction of sp³-hybridized carbons (Fsp3) is 0.222. The van der Waals surface area contributed by atoms with Gasteiger partial charge in [-0.05, 0) is 42.3 Å². The van der Waals surface area contributed by atoms with Crippen molar-refractivity contribution < 1.29 is 19.1 Å². The van der Waals surface area contributed by atoms with Crippen LogP contribution in [0.3, 0.4) is 0 Å². The normalized spacial score (nSPS) is 10.0. The van der Waals surface area contributed by atoms with Gasteiger partial charge in [-0.25, -0.2) is 4.79 Å². The van der Waals surface area contributed by atoms with Crippen LogP contribution in [0.15, 0.2) is 48.5 Å². The third-order valence-electron chi connectivity index (χ3n) is 3.15. The van der Waals surface area contributed by atoms with Crippen molar-refractivity contribution in [1.29, 1.82) is 0 Å². The average molecular weight is 313 g/mol. The van der Waals surface area contributed by atoms with Crippen LogP contribution < -0.4 is 14.8 Å². The van der Waals surface area contributed by atoms with E-state index in [1.165, 1.54) is 0 Å². The summed E-state index contributed by atoms with van der Waals surface area (Å²) in [6.07, 6.45) is 0.176. The minimum Gasteiger partial charge on any atom is -0.497 e. The van der Waals surface area contributed by atoms with Crippen molar-refractivity contribution in [1.82, 2.24) is 5.32 Å². The number of rotatable bonds is 6. The molecule has 0 saturated carbocycles. The Morgan fingerprint density at radius 3 is 2.52 bits per heavy atom. The maximum absolute atomic E-state index is 11.9. The van der Waals surface area contributed by atoms with E-state index in [4.69, 9.17) is 9.47 Å². The number of amides is 1. The first-order chi connectivity index (χ1) is 11.1. The summed E-state index contributed by atoms with van der Waals surface area (Å²) in [6, 6.07) is 14.4. The fourth-order valence-electron chi connectivity index (χ4n) is 2.05. The van der Waals surface area contributed by atoms with E-state index >= 15 is 0 Å². The van der Waals surface area contributed by atoms with Crippen LogP contribution in [0.2, 0.25) is 0 Å². The van der Waals surface area contributed by atoms with Crippen LogP contribution in [0.4, 0.5) is 0 Å². The number of ether oxygens (including phenoxy) is 2. The van der Waals surface area contributed by atoms with Gasteiger partial charge in [-0.1, -0.05) is 24.3 Å². The molecule has 0 aliphatic rings. The van der Waals surface area contributed by atoms with Crippen molar-refractivity contribution >= 4 is 11.9 Å². The highest BCUT2D eigenvalue weighted by Gasteiger charge is 2.09. The van der Waals surface area contributed by atoms with Gasteiger partial charge in [0.05, 0.1) is 13.5 Å². The number of hydrogen-bond donors (Lipinski definition) is 1. The highest BCUT2D eigenvalue weighted by atomic mass is 16.5. The van der Waals surface area contributed by atoms with Gasteiger partial charge in [-0.3, -0.25) is 4.79 Å². The quantitative estimate of drug-likeness (QED) is 0.656. The summed E-state index contributed by atoms with van der Waals surface area (Å²) < 4.78 is 10.3. The molecule has 5 heteroatoms. The molecule has 0 spiro atoms. The van der Waals surface area contributed by atoms with E-state index in [1.807, 2.05) is 25.1 Å². The van der Waals surface area contributed by atoms with E-state index in [-0.39, 0.29) is 18.9 Å². The van der Waals surface area contributed by atoms with Gasteiger partial charge in [-0.2, -0.15) is 0 Å². The fourth-order valence-corrected chi connectivity index (χ4v) is 2.05. The summed E-state index contributed by atoms with van der Waals surface area (Å²) in [5.41, 5.74) is 1.81. The molecule has 0 saturated heterocycles. The molecule has 23 heavy (non-hydrogen) atoms. The molecule has 0 fully saturated rings. The second-order valence-electron chi connectivity index (χ2n) is 5.10. The number of methoxy groups -OCH3 is 1. The Labute approximate surface area is 135 Å². The minimum absolute atomic E-state index is 0.170. The van der Waals surface area contributed by atoms with Crippen LogP contribution in [0.5, 0.6) is 11.5 Å². The Morgan fingerprint density at radius 2 is 1.78 bits per heavy atom. The summed E-state index contributed by atoms with van der Waals surface area (Å²) in [6.45, 7) is 1.74. The number of nitrogens with one attached hydrogen (secondary N) is 1. The molecule has 0 radical (unpaired) electrons. The maximum atomic E-state index is 11.9. The van der Waals surface area contributed by atoms with Crippen molar-refractivity contribution in [3.8, 4) is 11.5 Å². The largest absolute Gasteiger partial charge is 0.497 e.